The number of hydrogen-bond acceptors (Lipinski definition) is 5. The molecule has 0 spiro atoms. The first-order valence-corrected chi connectivity index (χ1v) is 8.77. The van der Waals surface area contributed by atoms with Crippen molar-refractivity contribution in [2.24, 2.45) is 0 Å². The maximum absolute atomic E-state index is 12.3. The Morgan fingerprint density at radius 2 is 2.16 bits per heavy atom. The van der Waals surface area contributed by atoms with Crippen molar-refractivity contribution in [2.75, 3.05) is 26.2 Å². The number of fused-ring (bicyclic) bond motifs is 1. The summed E-state index contributed by atoms with van der Waals surface area (Å²) in [5.41, 5.74) is 1.09. The monoisotopic (exact) mass is 342 g/mol. The zero-order chi connectivity index (χ0) is 17.2. The van der Waals surface area contributed by atoms with E-state index in [-0.39, 0.29) is 24.1 Å². The van der Waals surface area contributed by atoms with Crippen LogP contribution in [0.3, 0.4) is 0 Å². The topological polar surface area (TPSA) is 76.5 Å². The van der Waals surface area contributed by atoms with Crippen LogP contribution in [-0.4, -0.2) is 58.7 Å². The molecule has 0 bridgehead atoms. The molecule has 1 unspecified atom stereocenters. The third-order valence-electron chi connectivity index (χ3n) is 4.81. The van der Waals surface area contributed by atoms with Crippen LogP contribution in [0.15, 0.2) is 35.3 Å². The van der Waals surface area contributed by atoms with Crippen LogP contribution in [-0.2, 0) is 16.1 Å². The molecule has 2 fully saturated rings. The van der Waals surface area contributed by atoms with Crippen LogP contribution in [0.4, 0.5) is 0 Å². The van der Waals surface area contributed by atoms with E-state index >= 15 is 0 Å². The summed E-state index contributed by atoms with van der Waals surface area (Å²) in [6.45, 7) is 3.02. The van der Waals surface area contributed by atoms with Crippen LogP contribution in [0.2, 0.25) is 0 Å². The van der Waals surface area contributed by atoms with Crippen molar-refractivity contribution in [1.29, 1.82) is 0 Å². The fourth-order valence-electron chi connectivity index (χ4n) is 3.34. The van der Waals surface area contributed by atoms with E-state index in [0.717, 1.165) is 13.1 Å². The zero-order valence-corrected chi connectivity index (χ0v) is 14.1. The van der Waals surface area contributed by atoms with Gasteiger partial charge in [0.25, 0.3) is 5.56 Å². The van der Waals surface area contributed by atoms with Gasteiger partial charge in [0.15, 0.2) is 0 Å². The van der Waals surface area contributed by atoms with Gasteiger partial charge in [-0.05, 0) is 25.0 Å². The molecule has 4 rings (SSSR count). The van der Waals surface area contributed by atoms with Gasteiger partial charge >= 0.3 is 0 Å². The number of benzene rings is 1. The second-order valence-electron chi connectivity index (χ2n) is 6.69. The largest absolute Gasteiger partial charge is 0.374 e. The molecule has 1 aromatic carbocycles. The second kappa shape index (κ2) is 6.93. The van der Waals surface area contributed by atoms with Crippen molar-refractivity contribution >= 4 is 16.9 Å². The molecule has 1 atom stereocenters. The summed E-state index contributed by atoms with van der Waals surface area (Å²) in [4.78, 5) is 31.0. The average molecular weight is 342 g/mol. The summed E-state index contributed by atoms with van der Waals surface area (Å²) in [6, 6.07) is 8.03. The highest BCUT2D eigenvalue weighted by Gasteiger charge is 2.32. The minimum atomic E-state index is -0.275. The molecular formula is C18H22N4O3. The molecule has 132 valence electrons. The highest BCUT2D eigenvalue weighted by atomic mass is 16.5. The van der Waals surface area contributed by atoms with E-state index in [1.54, 1.807) is 6.07 Å². The van der Waals surface area contributed by atoms with Crippen molar-refractivity contribution in [3.63, 3.8) is 0 Å². The van der Waals surface area contributed by atoms with Crippen LogP contribution >= 0.6 is 0 Å². The van der Waals surface area contributed by atoms with Crippen molar-refractivity contribution in [3.8, 4) is 0 Å². The number of amides is 1. The lowest BCUT2D eigenvalue weighted by Crippen LogP contribution is -2.48. The lowest BCUT2D eigenvalue weighted by molar-refractivity contribution is -0.122. The van der Waals surface area contributed by atoms with E-state index in [1.807, 2.05) is 18.2 Å². The van der Waals surface area contributed by atoms with Gasteiger partial charge in [0.05, 0.1) is 29.9 Å². The maximum Gasteiger partial charge on any atom is 0.269 e. The highest BCUT2D eigenvalue weighted by Crippen LogP contribution is 2.28. The summed E-state index contributed by atoms with van der Waals surface area (Å²) in [5, 5.41) is 2.90. The van der Waals surface area contributed by atoms with E-state index in [2.05, 4.69) is 15.2 Å². The molecule has 2 aliphatic rings. The Morgan fingerprint density at radius 3 is 3.00 bits per heavy atom. The van der Waals surface area contributed by atoms with Gasteiger partial charge in [0, 0.05) is 25.7 Å². The Bertz CT molecular complexity index is 830. The summed E-state index contributed by atoms with van der Waals surface area (Å²) in [6.07, 6.45) is 3.82. The molecule has 7 heteroatoms. The van der Waals surface area contributed by atoms with Crippen molar-refractivity contribution in [2.45, 2.75) is 31.5 Å². The predicted molar refractivity (Wildman–Crippen MR) is 93.3 cm³/mol. The van der Waals surface area contributed by atoms with Crippen LogP contribution in [0.25, 0.3) is 11.0 Å². The van der Waals surface area contributed by atoms with E-state index in [0.29, 0.717) is 30.2 Å². The van der Waals surface area contributed by atoms with E-state index in [4.69, 9.17) is 4.74 Å². The first-order valence-electron chi connectivity index (χ1n) is 8.77. The lowest BCUT2D eigenvalue weighted by Gasteiger charge is -2.33. The Morgan fingerprint density at radius 1 is 1.32 bits per heavy atom. The Hall–Kier alpha value is -2.25. The molecule has 2 aromatic rings. The standard InChI is InChI=1S/C18H22N4O3/c23-17(20-9-14-11-21(7-8-25-14)13-5-6-13)12-22-16-4-2-1-3-15(16)19-10-18(22)24/h1-4,10,13-14H,5-9,11-12H2,(H,20,23). The van der Waals surface area contributed by atoms with E-state index < -0.39 is 0 Å². The third-order valence-corrected chi connectivity index (χ3v) is 4.81. The molecule has 0 radical (unpaired) electrons. The van der Waals surface area contributed by atoms with Crippen LogP contribution in [0.5, 0.6) is 0 Å². The number of nitrogens with zero attached hydrogens (tertiary/aromatic N) is 3. The van der Waals surface area contributed by atoms with Gasteiger partial charge in [0.2, 0.25) is 5.91 Å². The molecular weight excluding hydrogens is 320 g/mol. The molecule has 25 heavy (non-hydrogen) atoms. The van der Waals surface area contributed by atoms with Gasteiger partial charge in [-0.25, -0.2) is 4.98 Å². The number of carbonyl (C=O) groups is 1. The quantitative estimate of drug-likeness (QED) is 0.850. The van der Waals surface area contributed by atoms with Gasteiger partial charge in [-0.3, -0.25) is 19.1 Å². The Kier molecular flexibility index (Phi) is 4.50. The molecule has 1 aliphatic carbocycles. The van der Waals surface area contributed by atoms with Crippen molar-refractivity contribution < 1.29 is 9.53 Å². The first-order chi connectivity index (χ1) is 12.2. The number of carbonyl (C=O) groups excluding carboxylic acids is 1. The van der Waals surface area contributed by atoms with Gasteiger partial charge in [-0.1, -0.05) is 12.1 Å². The second-order valence-corrected chi connectivity index (χ2v) is 6.69. The number of ether oxygens (including phenoxy) is 1. The molecule has 2 heterocycles. The zero-order valence-electron chi connectivity index (χ0n) is 14.1. The summed E-state index contributed by atoms with van der Waals surface area (Å²) in [7, 11) is 0. The number of rotatable bonds is 5. The lowest BCUT2D eigenvalue weighted by atomic mass is 10.2. The van der Waals surface area contributed by atoms with Crippen molar-refractivity contribution in [1.82, 2.24) is 19.8 Å². The number of hydrogen-bond donors (Lipinski definition) is 1. The highest BCUT2D eigenvalue weighted by molar-refractivity contribution is 5.79. The predicted octanol–water partition coefficient (Wildman–Crippen LogP) is 0.376. The van der Waals surface area contributed by atoms with Crippen LogP contribution < -0.4 is 10.9 Å². The van der Waals surface area contributed by atoms with Gasteiger partial charge in [-0.2, -0.15) is 0 Å². The fourth-order valence-corrected chi connectivity index (χ4v) is 3.34. The molecule has 1 aliphatic heterocycles. The minimum absolute atomic E-state index is 0.0130. The average Bonchev–Trinajstić information content (AvgIpc) is 3.48. The van der Waals surface area contributed by atoms with Crippen LogP contribution in [0, 0.1) is 0 Å². The number of morpholine rings is 1. The summed E-state index contributed by atoms with van der Waals surface area (Å²) in [5.74, 6) is -0.189. The molecule has 1 N–H and O–H groups in total. The van der Waals surface area contributed by atoms with E-state index in [1.165, 1.54) is 23.6 Å². The van der Waals surface area contributed by atoms with E-state index in [9.17, 15) is 9.59 Å². The third kappa shape index (κ3) is 3.72. The number of nitrogens with one attached hydrogen (secondary N) is 1. The number of para-hydroxylation sites is 2. The molecule has 1 saturated heterocycles. The minimum Gasteiger partial charge on any atom is -0.374 e. The van der Waals surface area contributed by atoms with Gasteiger partial charge in [0.1, 0.15) is 6.54 Å². The molecule has 1 saturated carbocycles. The molecule has 1 amide bonds. The normalized spacial score (nSPS) is 21.4. The first kappa shape index (κ1) is 16.2. The smallest absolute Gasteiger partial charge is 0.269 e. The Labute approximate surface area is 145 Å². The number of aromatic nitrogens is 2. The fraction of sp³-hybridized carbons (Fsp3) is 0.500. The van der Waals surface area contributed by atoms with Crippen molar-refractivity contribution in [3.05, 3.63) is 40.8 Å². The SMILES string of the molecule is O=C(Cn1c(=O)cnc2ccccc21)NCC1CN(C2CC2)CCO1. The van der Waals surface area contributed by atoms with Crippen LogP contribution in [0.1, 0.15) is 12.8 Å². The Balaban J connectivity index is 1.38. The molecule has 7 nitrogen and oxygen atoms in total. The van der Waals surface area contributed by atoms with Gasteiger partial charge < -0.3 is 10.1 Å². The summed E-state index contributed by atoms with van der Waals surface area (Å²) < 4.78 is 7.20. The van der Waals surface area contributed by atoms with Gasteiger partial charge in [-0.15, -0.1) is 0 Å². The molecule has 1 aromatic heterocycles. The summed E-state index contributed by atoms with van der Waals surface area (Å²) >= 11 is 0. The maximum atomic E-state index is 12.3.